The van der Waals surface area contributed by atoms with Gasteiger partial charge in [0.2, 0.25) is 0 Å². The van der Waals surface area contributed by atoms with E-state index in [0.717, 1.165) is 70.6 Å². The van der Waals surface area contributed by atoms with Crippen LogP contribution in [0.4, 0.5) is 0 Å². The van der Waals surface area contributed by atoms with Crippen LogP contribution in [0.1, 0.15) is 136 Å². The second-order valence-corrected chi connectivity index (χ2v) is 18.5. The third-order valence-electron chi connectivity index (χ3n) is 10.1. The second kappa shape index (κ2) is 37.1. The molecule has 0 aromatic rings. The number of ether oxygens (including phenoxy) is 2. The lowest BCUT2D eigenvalue weighted by molar-refractivity contribution is -0.216. The zero-order chi connectivity index (χ0) is 49.1. The van der Waals surface area contributed by atoms with Crippen molar-refractivity contribution in [2.75, 3.05) is 13.2 Å². The van der Waals surface area contributed by atoms with Crippen LogP contribution in [-0.2, 0) is 41.8 Å². The molecule has 0 spiro atoms. The molecule has 9 atom stereocenters. The number of carbonyl (C=O) groups excluding carboxylic acids is 2. The van der Waals surface area contributed by atoms with E-state index in [1.54, 1.807) is 12.2 Å². The van der Waals surface area contributed by atoms with E-state index < -0.39 is 89.6 Å². The lowest BCUT2D eigenvalue weighted by Gasteiger charge is -2.43. The monoisotopic (exact) mass is 976 g/mol. The van der Waals surface area contributed by atoms with Gasteiger partial charge in [-0.1, -0.05) is 131 Å². The summed E-state index contributed by atoms with van der Waals surface area (Å²) in [6.07, 6.45) is 27.1. The highest BCUT2D eigenvalue weighted by Gasteiger charge is 2.54. The van der Waals surface area contributed by atoms with Crippen LogP contribution < -0.4 is 0 Å². The van der Waals surface area contributed by atoms with E-state index in [1.165, 1.54) is 19.3 Å². The number of carbonyl (C=O) groups is 2. The summed E-state index contributed by atoms with van der Waals surface area (Å²) < 4.78 is 49.2. The molecule has 1 saturated carbocycles. The molecule has 1 rings (SSSR count). The molecule has 66 heavy (non-hydrogen) atoms. The van der Waals surface area contributed by atoms with Gasteiger partial charge in [-0.15, -0.1) is 0 Å². The number of unbranched alkanes of at least 4 members (excludes halogenated alkanes) is 8. The van der Waals surface area contributed by atoms with Gasteiger partial charge >= 0.3 is 27.6 Å². The number of phosphoric ester groups is 2. The van der Waals surface area contributed by atoms with Gasteiger partial charge in [-0.3, -0.25) is 23.2 Å². The first-order chi connectivity index (χ1) is 31.5. The van der Waals surface area contributed by atoms with Crippen molar-refractivity contribution in [2.45, 2.75) is 185 Å². The summed E-state index contributed by atoms with van der Waals surface area (Å²) >= 11 is 0. The predicted octanol–water partition coefficient (Wildman–Crippen LogP) is 7.58. The molecule has 1 aliphatic rings. The Labute approximate surface area is 391 Å². The number of aliphatic hydroxyl groups is 5. The van der Waals surface area contributed by atoms with E-state index in [0.29, 0.717) is 6.42 Å². The Morgan fingerprint density at radius 3 is 1.71 bits per heavy atom. The molecule has 378 valence electrons. The third-order valence-corrected chi connectivity index (χ3v) is 11.6. The van der Waals surface area contributed by atoms with Crippen molar-refractivity contribution in [1.82, 2.24) is 0 Å². The number of hydrogen-bond acceptors (Lipinski definition) is 14. The molecule has 5 unspecified atom stereocenters. The lowest BCUT2D eigenvalue weighted by Crippen LogP contribution is -2.64. The van der Waals surface area contributed by atoms with Crippen LogP contribution >= 0.6 is 15.6 Å². The van der Waals surface area contributed by atoms with Gasteiger partial charge in [0.1, 0.15) is 43.2 Å². The molecule has 0 aromatic carbocycles. The van der Waals surface area contributed by atoms with Gasteiger partial charge in [0.25, 0.3) is 0 Å². The summed E-state index contributed by atoms with van der Waals surface area (Å²) in [4.78, 5) is 54.3. The molecule has 0 radical (unpaired) electrons. The number of aliphatic hydroxyl groups excluding tert-OH is 5. The number of hydrogen-bond donors (Lipinski definition) is 8. The van der Waals surface area contributed by atoms with Crippen LogP contribution in [0.2, 0.25) is 0 Å². The summed E-state index contributed by atoms with van der Waals surface area (Å²) in [6, 6.07) is 0. The highest BCUT2D eigenvalue weighted by atomic mass is 31.2. The molecular formula is C47H78O17P2. The van der Waals surface area contributed by atoms with Gasteiger partial charge in [-0.05, 0) is 77.0 Å². The highest BCUT2D eigenvalue weighted by molar-refractivity contribution is 7.47. The van der Waals surface area contributed by atoms with Crippen molar-refractivity contribution in [2.24, 2.45) is 0 Å². The number of allylic oxidation sites excluding steroid dienone is 13. The van der Waals surface area contributed by atoms with Crippen molar-refractivity contribution in [1.29, 1.82) is 0 Å². The fourth-order valence-electron chi connectivity index (χ4n) is 6.44. The number of phosphoric acid groups is 2. The molecule has 19 heteroatoms. The van der Waals surface area contributed by atoms with Crippen LogP contribution in [0, 0.1) is 0 Å². The Kier molecular flexibility index (Phi) is 34.4. The average Bonchev–Trinajstić information content (AvgIpc) is 3.26. The van der Waals surface area contributed by atoms with E-state index in [4.69, 9.17) is 28.3 Å². The Hall–Kier alpha value is -2.86. The van der Waals surface area contributed by atoms with Crippen molar-refractivity contribution >= 4 is 27.6 Å². The first-order valence-electron chi connectivity index (χ1n) is 23.2. The number of rotatable bonds is 37. The summed E-state index contributed by atoms with van der Waals surface area (Å²) in [7, 11) is -10.8. The van der Waals surface area contributed by atoms with Crippen LogP contribution in [0.3, 0.4) is 0 Å². The van der Waals surface area contributed by atoms with Crippen LogP contribution in [-0.4, -0.2) is 114 Å². The zero-order valence-electron chi connectivity index (χ0n) is 38.7. The van der Waals surface area contributed by atoms with E-state index >= 15 is 0 Å². The molecule has 0 bridgehead atoms. The third kappa shape index (κ3) is 31.2. The maximum absolute atomic E-state index is 13.0. The van der Waals surface area contributed by atoms with Crippen LogP contribution in [0.25, 0.3) is 0 Å². The van der Waals surface area contributed by atoms with E-state index in [9.17, 15) is 49.1 Å². The normalized spacial score (nSPS) is 22.8. The first-order valence-corrected chi connectivity index (χ1v) is 26.3. The second-order valence-electron chi connectivity index (χ2n) is 15.9. The molecule has 0 heterocycles. The standard InChI is InChI=1S/C47H78O17P2/c1-3-5-7-9-11-13-15-17-18-20-22-24-26-28-30-34-41(50)62-39(37-61-66(58,59)64-47-44(53)42(51)43(52)46(45(47)54)63-65(55,56)57)36-60-40(49)35-31-33-38(48)32-29-27-25-23-21-19-16-14-12-10-8-6-4-2/h5,7,11-14,17-19,21,25,27,29,32,38-39,42-48,51-54H,3-4,6,8-10,15-16,20,22-24,26,28,30-31,33-37H2,1-2H3,(H,58,59)(H2,55,56,57)/b7-5-,13-11-,14-12-,18-17-,21-19-,27-25-,32-29+/t38-,39-,42?,43?,44?,45?,46-,47+/m1/s1. The van der Waals surface area contributed by atoms with Crippen molar-refractivity contribution < 1.29 is 82.0 Å². The van der Waals surface area contributed by atoms with Gasteiger partial charge < -0.3 is 49.7 Å². The van der Waals surface area contributed by atoms with Crippen molar-refractivity contribution in [3.63, 3.8) is 0 Å². The molecule has 0 aliphatic heterocycles. The van der Waals surface area contributed by atoms with Gasteiger partial charge in [-0.25, -0.2) is 9.13 Å². The van der Waals surface area contributed by atoms with Crippen LogP contribution in [0.5, 0.6) is 0 Å². The summed E-state index contributed by atoms with van der Waals surface area (Å²) in [6.45, 7) is 2.77. The molecule has 1 aliphatic carbocycles. The fourth-order valence-corrected chi connectivity index (χ4v) is 7.97. The molecule has 0 aromatic heterocycles. The molecule has 1 fully saturated rings. The Balaban J connectivity index is 2.70. The summed E-state index contributed by atoms with van der Waals surface area (Å²) in [5, 5.41) is 51.5. The van der Waals surface area contributed by atoms with Gasteiger partial charge in [-0.2, -0.15) is 0 Å². The smallest absolute Gasteiger partial charge is 0.462 e. The number of esters is 2. The van der Waals surface area contributed by atoms with Crippen molar-refractivity contribution in [3.05, 3.63) is 85.1 Å². The Morgan fingerprint density at radius 2 is 1.11 bits per heavy atom. The average molecular weight is 977 g/mol. The molecule has 0 saturated heterocycles. The van der Waals surface area contributed by atoms with E-state index in [-0.39, 0.29) is 25.7 Å². The minimum Gasteiger partial charge on any atom is -0.462 e. The SMILES string of the molecule is CC/C=C\C/C=C\C/C=C\CCCCCCCC(=O)O[C@H](COC(=O)CCC[C@H](O)/C=C/C=C\C/C=C\C/C=C\CCCCC)COP(=O)(O)O[C@H]1C(O)C(O)C(O)[C@@H](OP(=O)(O)O)C1O. The predicted molar refractivity (Wildman–Crippen MR) is 251 cm³/mol. The molecule has 0 amide bonds. The Morgan fingerprint density at radius 1 is 0.576 bits per heavy atom. The van der Waals surface area contributed by atoms with Gasteiger partial charge in [0, 0.05) is 12.8 Å². The molecule has 8 N–H and O–H groups in total. The maximum atomic E-state index is 13.0. The van der Waals surface area contributed by atoms with Crippen molar-refractivity contribution in [3.8, 4) is 0 Å². The Bertz CT molecular complexity index is 1620. The molecule has 17 nitrogen and oxygen atoms in total. The fraction of sp³-hybridized carbons (Fsp3) is 0.660. The van der Waals surface area contributed by atoms with E-state index in [2.05, 4.69) is 79.1 Å². The first kappa shape index (κ1) is 61.2. The topological polar surface area (TPSA) is 276 Å². The molecular weight excluding hydrogens is 898 g/mol. The highest BCUT2D eigenvalue weighted by Crippen LogP contribution is 2.49. The van der Waals surface area contributed by atoms with Gasteiger partial charge in [0.15, 0.2) is 6.10 Å². The van der Waals surface area contributed by atoms with E-state index in [1.807, 2.05) is 12.2 Å². The lowest BCUT2D eigenvalue weighted by atomic mass is 9.85. The minimum atomic E-state index is -5.39. The van der Waals surface area contributed by atoms with Crippen LogP contribution in [0.15, 0.2) is 85.1 Å². The minimum absolute atomic E-state index is 0.0206. The van der Waals surface area contributed by atoms with Gasteiger partial charge in [0.05, 0.1) is 12.7 Å². The maximum Gasteiger partial charge on any atom is 0.472 e. The summed E-state index contributed by atoms with van der Waals surface area (Å²) in [5.74, 6) is -1.44. The zero-order valence-corrected chi connectivity index (χ0v) is 40.5. The summed E-state index contributed by atoms with van der Waals surface area (Å²) in [5.41, 5.74) is 0. The quantitative estimate of drug-likeness (QED) is 0.00979. The largest absolute Gasteiger partial charge is 0.472 e.